The van der Waals surface area contributed by atoms with E-state index in [2.05, 4.69) is 18.2 Å². The summed E-state index contributed by atoms with van der Waals surface area (Å²) in [7, 11) is 0. The van der Waals surface area contributed by atoms with Crippen LogP contribution in [0.2, 0.25) is 0 Å². The Morgan fingerprint density at radius 2 is 0.948 bits per heavy atom. The van der Waals surface area contributed by atoms with Crippen LogP contribution in [0.1, 0.15) is 27.8 Å². The maximum Gasteiger partial charge on any atom is 0.416 e. The molecule has 0 aliphatic heterocycles. The summed E-state index contributed by atoms with van der Waals surface area (Å²) in [5.74, 6) is 0. The highest BCUT2D eigenvalue weighted by Gasteiger charge is 2.37. The Morgan fingerprint density at radius 1 is 0.414 bits per heavy atom. The summed E-state index contributed by atoms with van der Waals surface area (Å²) in [6.07, 6.45) is -10.1. The van der Waals surface area contributed by atoms with Crippen molar-refractivity contribution in [3.63, 3.8) is 0 Å². The number of benzene rings is 7. The molecule has 2 heterocycles. The number of hydrogen-bond donors (Lipinski definition) is 0. The molecule has 0 N–H and O–H groups in total. The fourth-order valence-electron chi connectivity index (χ4n) is 7.86. The van der Waals surface area contributed by atoms with E-state index in [1.54, 1.807) is 54.6 Å². The first kappa shape index (κ1) is 35.9. The fourth-order valence-corrected chi connectivity index (χ4v) is 7.86. The van der Waals surface area contributed by atoms with Gasteiger partial charge in [0.1, 0.15) is 0 Å². The van der Waals surface area contributed by atoms with Crippen molar-refractivity contribution >= 4 is 43.6 Å². The van der Waals surface area contributed by atoms with E-state index in [1.807, 2.05) is 63.7 Å². The molecule has 9 rings (SSSR count). The van der Waals surface area contributed by atoms with E-state index in [0.29, 0.717) is 56.8 Å². The second-order valence-corrected chi connectivity index (χ2v) is 13.8. The summed E-state index contributed by atoms with van der Waals surface area (Å²) >= 11 is 0. The molecule has 0 spiro atoms. The number of para-hydroxylation sites is 2. The monoisotopic (exact) mass is 771 g/mol. The van der Waals surface area contributed by atoms with Gasteiger partial charge in [0.15, 0.2) is 0 Å². The van der Waals surface area contributed by atoms with E-state index >= 15 is 0 Å². The predicted molar refractivity (Wildman–Crippen MR) is 210 cm³/mol. The number of alkyl halides is 6. The predicted octanol–water partition coefficient (Wildman–Crippen LogP) is 12.9. The van der Waals surface area contributed by atoms with Gasteiger partial charge in [-0.25, -0.2) is 0 Å². The Balaban J connectivity index is 1.38. The molecule has 58 heavy (non-hydrogen) atoms. The van der Waals surface area contributed by atoms with E-state index in [1.165, 1.54) is 12.1 Å². The van der Waals surface area contributed by atoms with Crippen molar-refractivity contribution in [2.75, 3.05) is 0 Å². The van der Waals surface area contributed by atoms with E-state index in [4.69, 9.17) is 0 Å². The summed E-state index contributed by atoms with van der Waals surface area (Å²) in [6.45, 7) is 0. The van der Waals surface area contributed by atoms with Crippen molar-refractivity contribution in [3.05, 3.63) is 167 Å². The van der Waals surface area contributed by atoms with Gasteiger partial charge in [0, 0.05) is 38.4 Å². The first-order chi connectivity index (χ1) is 27.9. The van der Waals surface area contributed by atoms with Gasteiger partial charge >= 0.3 is 12.4 Å². The average Bonchev–Trinajstić information content (AvgIpc) is 3.74. The molecule has 0 saturated carbocycles. The summed E-state index contributed by atoms with van der Waals surface area (Å²) in [5, 5.41) is 33.2. The zero-order valence-electron chi connectivity index (χ0n) is 29.8. The highest BCUT2D eigenvalue weighted by molar-refractivity contribution is 6.11. The van der Waals surface area contributed by atoms with Gasteiger partial charge in [-0.05, 0) is 108 Å². The number of aromatic nitrogens is 2. The smallest absolute Gasteiger partial charge is 0.309 e. The van der Waals surface area contributed by atoms with Gasteiger partial charge < -0.3 is 9.13 Å². The maximum absolute atomic E-state index is 14.1. The molecule has 0 fully saturated rings. The van der Waals surface area contributed by atoms with E-state index in [9.17, 15) is 42.1 Å². The average molecular weight is 772 g/mol. The van der Waals surface area contributed by atoms with Crippen LogP contribution < -0.4 is 0 Å². The highest BCUT2D eigenvalue weighted by atomic mass is 19.4. The topological polar surface area (TPSA) is 81.2 Å². The molecule has 9 aromatic rings. The van der Waals surface area contributed by atoms with Gasteiger partial charge in [-0.3, -0.25) is 0 Å². The molecule has 0 aliphatic rings. The Bertz CT molecular complexity index is 3280. The van der Waals surface area contributed by atoms with Crippen LogP contribution in [0.5, 0.6) is 0 Å². The summed E-state index contributed by atoms with van der Waals surface area (Å²) in [5.41, 5.74) is 2.68. The van der Waals surface area contributed by atoms with Crippen LogP contribution in [-0.4, -0.2) is 9.13 Å². The number of fused-ring (bicyclic) bond motifs is 6. The molecule has 0 bridgehead atoms. The van der Waals surface area contributed by atoms with Crippen LogP contribution in [0.4, 0.5) is 26.3 Å². The number of rotatable bonds is 4. The van der Waals surface area contributed by atoms with Crippen LogP contribution in [0.15, 0.2) is 140 Å². The molecular weight excluding hydrogens is 749 g/mol. The molecule has 0 unspecified atom stereocenters. The molecule has 2 aromatic heterocycles. The van der Waals surface area contributed by atoms with E-state index in [-0.39, 0.29) is 22.8 Å². The fraction of sp³-hybridized carbons (Fsp3) is 0.0426. The SMILES string of the molecule is N#Cc1ccc2c(c1)c1ccccc1n2-c1ccc(C#N)c(-c2cc(-c3cc(C(F)(F)F)cc(C(F)(F)F)c3)ccc2-n2c3ccccc3c3cc(C#N)ccc32)c1. The molecule has 0 saturated heterocycles. The summed E-state index contributed by atoms with van der Waals surface area (Å²) in [6, 6.07) is 43.4. The maximum atomic E-state index is 14.1. The first-order valence-corrected chi connectivity index (χ1v) is 17.7. The van der Waals surface area contributed by atoms with Gasteiger partial charge in [-0.1, -0.05) is 42.5 Å². The second-order valence-electron chi connectivity index (χ2n) is 13.8. The van der Waals surface area contributed by atoms with Gasteiger partial charge in [0.2, 0.25) is 0 Å². The number of nitrogens with zero attached hydrogens (tertiary/aromatic N) is 5. The number of hydrogen-bond acceptors (Lipinski definition) is 3. The lowest BCUT2D eigenvalue weighted by molar-refractivity contribution is -0.143. The zero-order chi connectivity index (χ0) is 40.5. The van der Waals surface area contributed by atoms with Crippen molar-refractivity contribution < 1.29 is 26.3 Å². The minimum absolute atomic E-state index is 0.0538. The van der Waals surface area contributed by atoms with Crippen molar-refractivity contribution in [1.29, 1.82) is 15.8 Å². The Hall–Kier alpha value is -7.81. The lowest BCUT2D eigenvalue weighted by Crippen LogP contribution is -2.11. The van der Waals surface area contributed by atoms with Crippen LogP contribution in [0.3, 0.4) is 0 Å². The normalized spacial score (nSPS) is 11.9. The zero-order valence-corrected chi connectivity index (χ0v) is 29.8. The molecule has 278 valence electrons. The Morgan fingerprint density at radius 3 is 1.50 bits per heavy atom. The lowest BCUT2D eigenvalue weighted by Gasteiger charge is -2.19. The quantitative estimate of drug-likeness (QED) is 0.167. The van der Waals surface area contributed by atoms with Crippen molar-refractivity contribution in [2.45, 2.75) is 12.4 Å². The Labute approximate surface area is 325 Å². The standard InChI is InChI=1S/C47H23F6N5/c48-46(49,50)32-19-31(20-33(22-32)47(51,52)53)29-12-16-45(58-42-8-4-2-6-36(42)39-18-28(25-55)10-15-44(39)58)40(21-29)37-23-34(13-11-30(37)26-56)57-41-7-3-1-5-35(41)38-17-27(24-54)9-14-43(38)57/h1-23H. The third kappa shape index (κ3) is 5.79. The first-order valence-electron chi connectivity index (χ1n) is 17.7. The van der Waals surface area contributed by atoms with Crippen molar-refractivity contribution in [2.24, 2.45) is 0 Å². The molecule has 11 heteroatoms. The number of halogens is 6. The molecule has 0 atom stereocenters. The van der Waals surface area contributed by atoms with Crippen LogP contribution >= 0.6 is 0 Å². The summed E-state index contributed by atoms with van der Waals surface area (Å²) in [4.78, 5) is 0. The van der Waals surface area contributed by atoms with Gasteiger partial charge in [0.25, 0.3) is 0 Å². The largest absolute Gasteiger partial charge is 0.416 e. The lowest BCUT2D eigenvalue weighted by atomic mass is 9.92. The Kier molecular flexibility index (Phi) is 8.13. The van der Waals surface area contributed by atoms with Crippen LogP contribution in [0.25, 0.3) is 77.2 Å². The van der Waals surface area contributed by atoms with Gasteiger partial charge in [-0.15, -0.1) is 0 Å². The van der Waals surface area contributed by atoms with Gasteiger partial charge in [-0.2, -0.15) is 42.1 Å². The minimum atomic E-state index is -5.07. The highest BCUT2D eigenvalue weighted by Crippen LogP contribution is 2.43. The van der Waals surface area contributed by atoms with Crippen molar-refractivity contribution in [3.8, 4) is 51.8 Å². The van der Waals surface area contributed by atoms with Crippen molar-refractivity contribution in [1.82, 2.24) is 9.13 Å². The third-order valence-corrected chi connectivity index (χ3v) is 10.4. The third-order valence-electron chi connectivity index (χ3n) is 10.4. The van der Waals surface area contributed by atoms with Crippen LogP contribution in [0, 0.1) is 34.0 Å². The molecule has 0 aliphatic carbocycles. The minimum Gasteiger partial charge on any atom is -0.309 e. The number of nitriles is 3. The molecule has 5 nitrogen and oxygen atoms in total. The molecule has 7 aromatic carbocycles. The molecule has 0 radical (unpaired) electrons. The second kappa shape index (κ2) is 13.2. The molecular formula is C47H23F6N5. The van der Waals surface area contributed by atoms with Crippen LogP contribution in [-0.2, 0) is 12.4 Å². The molecule has 0 amide bonds. The summed E-state index contributed by atoms with van der Waals surface area (Å²) < 4.78 is 88.5. The van der Waals surface area contributed by atoms with E-state index < -0.39 is 23.5 Å². The van der Waals surface area contributed by atoms with E-state index in [0.717, 1.165) is 32.6 Å². The van der Waals surface area contributed by atoms with Gasteiger partial charge in [0.05, 0.1) is 73.8 Å².